The highest BCUT2D eigenvalue weighted by molar-refractivity contribution is 5.41. The lowest BCUT2D eigenvalue weighted by atomic mass is 9.88. The van der Waals surface area contributed by atoms with Crippen molar-refractivity contribution in [3.63, 3.8) is 0 Å². The Bertz CT molecular complexity index is 486. The lowest BCUT2D eigenvalue weighted by Gasteiger charge is -2.35. The minimum absolute atomic E-state index is 0.136. The van der Waals surface area contributed by atoms with E-state index in [0.29, 0.717) is 6.42 Å². The summed E-state index contributed by atoms with van der Waals surface area (Å²) in [5.41, 5.74) is 2.41. The summed E-state index contributed by atoms with van der Waals surface area (Å²) in [5, 5.41) is 8.82. The standard InChI is InChI=1S/C18H25NO/c1-15-10-11-19(13-16(15)2)14-18-9-4-3-7-17(18)8-5-6-12-20/h3-4,7,9,15-16,20H,6,10-14H2,1-2H3. The fourth-order valence-electron chi connectivity index (χ4n) is 2.73. The number of benzene rings is 1. The third-order valence-corrected chi connectivity index (χ3v) is 4.29. The fraction of sp³-hybridized carbons (Fsp3) is 0.556. The van der Waals surface area contributed by atoms with Crippen LogP contribution in [0.5, 0.6) is 0 Å². The Morgan fingerprint density at radius 3 is 2.80 bits per heavy atom. The summed E-state index contributed by atoms with van der Waals surface area (Å²) in [4.78, 5) is 2.54. The summed E-state index contributed by atoms with van der Waals surface area (Å²) in [6.45, 7) is 8.20. The van der Waals surface area contributed by atoms with E-state index in [2.05, 4.69) is 48.8 Å². The van der Waals surface area contributed by atoms with Crippen LogP contribution in [0.3, 0.4) is 0 Å². The normalized spacial score (nSPS) is 23.1. The third kappa shape index (κ3) is 4.10. The SMILES string of the molecule is CC1CCN(Cc2ccccc2C#CCCO)CC1C. The maximum Gasteiger partial charge on any atom is 0.0540 e. The molecule has 0 amide bonds. The molecule has 0 spiro atoms. The first kappa shape index (κ1) is 15.1. The summed E-state index contributed by atoms with van der Waals surface area (Å²) in [6.07, 6.45) is 1.84. The zero-order valence-electron chi connectivity index (χ0n) is 12.6. The minimum Gasteiger partial charge on any atom is -0.395 e. The Morgan fingerprint density at radius 2 is 2.05 bits per heavy atom. The first-order chi connectivity index (χ1) is 9.70. The van der Waals surface area contributed by atoms with Crippen LogP contribution in [0, 0.1) is 23.7 Å². The van der Waals surface area contributed by atoms with Crippen LogP contribution in [0.25, 0.3) is 0 Å². The Hall–Kier alpha value is -1.30. The summed E-state index contributed by atoms with van der Waals surface area (Å²) in [6, 6.07) is 8.37. The number of aliphatic hydroxyl groups is 1. The van der Waals surface area contributed by atoms with Crippen LogP contribution < -0.4 is 0 Å². The zero-order valence-corrected chi connectivity index (χ0v) is 12.6. The molecule has 1 fully saturated rings. The fourth-order valence-corrected chi connectivity index (χ4v) is 2.73. The Morgan fingerprint density at radius 1 is 1.25 bits per heavy atom. The Labute approximate surface area is 122 Å². The van der Waals surface area contributed by atoms with E-state index in [-0.39, 0.29) is 6.61 Å². The van der Waals surface area contributed by atoms with Crippen LogP contribution in [-0.4, -0.2) is 29.7 Å². The molecular weight excluding hydrogens is 246 g/mol. The lowest BCUT2D eigenvalue weighted by molar-refractivity contribution is 0.132. The number of hydrogen-bond acceptors (Lipinski definition) is 2. The summed E-state index contributed by atoms with van der Waals surface area (Å²) < 4.78 is 0. The molecule has 108 valence electrons. The van der Waals surface area contributed by atoms with Crippen LogP contribution in [0.4, 0.5) is 0 Å². The maximum atomic E-state index is 8.82. The van der Waals surface area contributed by atoms with Crippen molar-refractivity contribution in [2.45, 2.75) is 33.2 Å². The number of likely N-dealkylation sites (tertiary alicyclic amines) is 1. The predicted molar refractivity (Wildman–Crippen MR) is 83.2 cm³/mol. The van der Waals surface area contributed by atoms with Gasteiger partial charge >= 0.3 is 0 Å². The van der Waals surface area contributed by atoms with Gasteiger partial charge in [0.1, 0.15) is 0 Å². The van der Waals surface area contributed by atoms with Gasteiger partial charge in [0.25, 0.3) is 0 Å². The van der Waals surface area contributed by atoms with Gasteiger partial charge in [0.05, 0.1) is 6.61 Å². The zero-order chi connectivity index (χ0) is 14.4. The first-order valence-electron chi connectivity index (χ1n) is 7.60. The minimum atomic E-state index is 0.136. The molecule has 2 atom stereocenters. The Balaban J connectivity index is 2.04. The van der Waals surface area contributed by atoms with Crippen molar-refractivity contribution in [2.75, 3.05) is 19.7 Å². The molecule has 1 N–H and O–H groups in total. The number of aliphatic hydroxyl groups excluding tert-OH is 1. The van der Waals surface area contributed by atoms with Crippen LogP contribution in [0.2, 0.25) is 0 Å². The van der Waals surface area contributed by atoms with Gasteiger partial charge in [0.2, 0.25) is 0 Å². The lowest BCUT2D eigenvalue weighted by Crippen LogP contribution is -2.37. The summed E-state index contributed by atoms with van der Waals surface area (Å²) >= 11 is 0. The van der Waals surface area contributed by atoms with Gasteiger partial charge in [-0.15, -0.1) is 0 Å². The monoisotopic (exact) mass is 271 g/mol. The molecule has 0 bridgehead atoms. The number of nitrogens with zero attached hydrogens (tertiary/aromatic N) is 1. The third-order valence-electron chi connectivity index (χ3n) is 4.29. The van der Waals surface area contributed by atoms with Gasteiger partial charge in [-0.1, -0.05) is 43.9 Å². The van der Waals surface area contributed by atoms with E-state index >= 15 is 0 Å². The molecule has 1 aromatic carbocycles. The second kappa shape index (κ2) is 7.47. The molecule has 2 nitrogen and oxygen atoms in total. The highest BCUT2D eigenvalue weighted by atomic mass is 16.2. The number of rotatable bonds is 3. The van der Waals surface area contributed by atoms with E-state index in [1.54, 1.807) is 0 Å². The molecule has 1 aliphatic rings. The topological polar surface area (TPSA) is 23.5 Å². The molecule has 2 heteroatoms. The van der Waals surface area contributed by atoms with Crippen molar-refractivity contribution in [1.29, 1.82) is 0 Å². The van der Waals surface area contributed by atoms with E-state index in [4.69, 9.17) is 5.11 Å². The highest BCUT2D eigenvalue weighted by Gasteiger charge is 2.22. The number of hydrogen-bond donors (Lipinski definition) is 1. The molecule has 1 aliphatic heterocycles. The second-order valence-electron chi connectivity index (χ2n) is 5.91. The average Bonchev–Trinajstić information content (AvgIpc) is 2.45. The summed E-state index contributed by atoms with van der Waals surface area (Å²) in [7, 11) is 0. The van der Waals surface area contributed by atoms with E-state index in [9.17, 15) is 0 Å². The quantitative estimate of drug-likeness (QED) is 0.855. The molecule has 2 unspecified atom stereocenters. The van der Waals surface area contributed by atoms with Crippen LogP contribution in [0.15, 0.2) is 24.3 Å². The number of piperidine rings is 1. The predicted octanol–water partition coefficient (Wildman–Crippen LogP) is 2.90. The van der Waals surface area contributed by atoms with Crippen molar-refractivity contribution in [2.24, 2.45) is 11.8 Å². The molecule has 20 heavy (non-hydrogen) atoms. The van der Waals surface area contributed by atoms with Gasteiger partial charge in [-0.2, -0.15) is 0 Å². The molecular formula is C18H25NO. The average molecular weight is 271 g/mol. The second-order valence-corrected chi connectivity index (χ2v) is 5.91. The molecule has 1 saturated heterocycles. The van der Waals surface area contributed by atoms with E-state index in [1.165, 1.54) is 25.1 Å². The van der Waals surface area contributed by atoms with Crippen molar-refractivity contribution in [1.82, 2.24) is 4.90 Å². The van der Waals surface area contributed by atoms with Gasteiger partial charge in [-0.3, -0.25) is 4.90 Å². The van der Waals surface area contributed by atoms with Gasteiger partial charge in [-0.05, 0) is 36.4 Å². The van der Waals surface area contributed by atoms with E-state index in [0.717, 1.165) is 23.9 Å². The van der Waals surface area contributed by atoms with Crippen molar-refractivity contribution >= 4 is 0 Å². The van der Waals surface area contributed by atoms with Gasteiger partial charge < -0.3 is 5.11 Å². The molecule has 0 aromatic heterocycles. The van der Waals surface area contributed by atoms with Crippen LogP contribution >= 0.6 is 0 Å². The van der Waals surface area contributed by atoms with Gasteiger partial charge in [-0.25, -0.2) is 0 Å². The molecule has 1 aromatic rings. The first-order valence-corrected chi connectivity index (χ1v) is 7.60. The molecule has 2 rings (SSSR count). The van der Waals surface area contributed by atoms with E-state index < -0.39 is 0 Å². The molecule has 0 saturated carbocycles. The van der Waals surface area contributed by atoms with Crippen LogP contribution in [0.1, 0.15) is 37.8 Å². The molecule has 0 aliphatic carbocycles. The Kier molecular flexibility index (Phi) is 5.64. The van der Waals surface area contributed by atoms with Crippen molar-refractivity contribution in [3.8, 4) is 11.8 Å². The van der Waals surface area contributed by atoms with Gasteiger partial charge in [0.15, 0.2) is 0 Å². The largest absolute Gasteiger partial charge is 0.395 e. The summed E-state index contributed by atoms with van der Waals surface area (Å²) in [5.74, 6) is 7.83. The van der Waals surface area contributed by atoms with E-state index in [1.807, 2.05) is 6.07 Å². The molecule has 1 heterocycles. The maximum absolute atomic E-state index is 8.82. The smallest absolute Gasteiger partial charge is 0.0540 e. The van der Waals surface area contributed by atoms with Crippen molar-refractivity contribution in [3.05, 3.63) is 35.4 Å². The molecule has 0 radical (unpaired) electrons. The van der Waals surface area contributed by atoms with Crippen LogP contribution in [-0.2, 0) is 6.54 Å². The highest BCUT2D eigenvalue weighted by Crippen LogP contribution is 2.24. The van der Waals surface area contributed by atoms with Gasteiger partial charge in [0, 0.05) is 25.1 Å². The van der Waals surface area contributed by atoms with Crippen molar-refractivity contribution < 1.29 is 5.11 Å².